The number of phenolic OH excluding ortho intramolecular Hbond substituents is 1. The number of aromatic hydroxyl groups is 1. The van der Waals surface area contributed by atoms with Crippen LogP contribution in [-0.4, -0.2) is 45.4 Å². The number of ether oxygens (including phenoxy) is 1. The van der Waals surface area contributed by atoms with Crippen molar-refractivity contribution in [2.75, 3.05) is 6.54 Å². The van der Waals surface area contributed by atoms with Gasteiger partial charge in [-0.25, -0.2) is 9.69 Å². The van der Waals surface area contributed by atoms with Crippen LogP contribution in [0.3, 0.4) is 0 Å². The van der Waals surface area contributed by atoms with E-state index in [1.807, 2.05) is 37.3 Å². The summed E-state index contributed by atoms with van der Waals surface area (Å²) in [4.78, 5) is 42.2. The molecule has 2 aromatic rings. The monoisotopic (exact) mass is 434 g/mol. The number of rotatable bonds is 6. The molecule has 2 fully saturated rings. The van der Waals surface area contributed by atoms with E-state index >= 15 is 0 Å². The first-order valence-electron chi connectivity index (χ1n) is 11.1. The maximum absolute atomic E-state index is 13.4. The van der Waals surface area contributed by atoms with Gasteiger partial charge in [-0.15, -0.1) is 0 Å². The number of aryl methyl sites for hydroxylation is 1. The highest BCUT2D eigenvalue weighted by Gasteiger charge is 2.58. The lowest BCUT2D eigenvalue weighted by atomic mass is 9.95. The van der Waals surface area contributed by atoms with Gasteiger partial charge in [0, 0.05) is 24.6 Å². The van der Waals surface area contributed by atoms with Crippen molar-refractivity contribution in [3.63, 3.8) is 0 Å². The van der Waals surface area contributed by atoms with Gasteiger partial charge in [0.05, 0.1) is 0 Å². The first-order valence-corrected chi connectivity index (χ1v) is 11.1. The summed E-state index contributed by atoms with van der Waals surface area (Å²) in [5, 5.41) is 9.75. The van der Waals surface area contributed by atoms with Crippen LogP contribution in [0.15, 0.2) is 48.5 Å². The highest BCUT2D eigenvalue weighted by molar-refractivity contribution is 6.06. The summed E-state index contributed by atoms with van der Waals surface area (Å²) in [5.74, 6) is -0.210. The van der Waals surface area contributed by atoms with Gasteiger partial charge in [-0.05, 0) is 55.4 Å². The molecule has 1 saturated carbocycles. The van der Waals surface area contributed by atoms with E-state index < -0.39 is 17.6 Å². The molecule has 7 heteroatoms. The molecule has 1 aliphatic heterocycles. The van der Waals surface area contributed by atoms with Gasteiger partial charge in [0.2, 0.25) is 11.5 Å². The van der Waals surface area contributed by atoms with Crippen molar-refractivity contribution in [1.29, 1.82) is 0 Å². The Hall–Kier alpha value is -3.35. The maximum Gasteiger partial charge on any atom is 0.418 e. The molecule has 5 rings (SSSR count). The number of hydrogen-bond donors (Lipinski definition) is 1. The Balaban J connectivity index is 1.37. The molecule has 0 radical (unpaired) electrons. The normalized spacial score (nSPS) is 22.7. The number of benzene rings is 2. The van der Waals surface area contributed by atoms with E-state index in [1.165, 1.54) is 6.07 Å². The average molecular weight is 434 g/mol. The molecule has 0 bridgehead atoms. The van der Waals surface area contributed by atoms with Crippen LogP contribution in [0.2, 0.25) is 0 Å². The number of nitrogens with zero attached hydrogens (tertiary/aromatic N) is 2. The summed E-state index contributed by atoms with van der Waals surface area (Å²) in [6, 6.07) is 14.5. The Bertz CT molecular complexity index is 1080. The van der Waals surface area contributed by atoms with E-state index in [0.717, 1.165) is 28.9 Å². The summed E-state index contributed by atoms with van der Waals surface area (Å²) < 4.78 is 5.61. The fourth-order valence-corrected chi connectivity index (χ4v) is 4.94. The minimum Gasteiger partial charge on any atom is -0.508 e. The van der Waals surface area contributed by atoms with Crippen LogP contribution in [0.25, 0.3) is 0 Å². The zero-order chi connectivity index (χ0) is 22.5. The topological polar surface area (TPSA) is 87.2 Å². The largest absolute Gasteiger partial charge is 0.508 e. The number of carbonyl (C=O) groups excluding carboxylic acids is 3. The summed E-state index contributed by atoms with van der Waals surface area (Å²) in [7, 11) is 0. The van der Waals surface area contributed by atoms with Gasteiger partial charge in [0.25, 0.3) is 5.91 Å². The van der Waals surface area contributed by atoms with Gasteiger partial charge in [-0.3, -0.25) is 9.59 Å². The quantitative estimate of drug-likeness (QED) is 0.754. The van der Waals surface area contributed by atoms with Crippen molar-refractivity contribution in [2.24, 2.45) is 5.92 Å². The van der Waals surface area contributed by atoms with Crippen molar-refractivity contribution < 1.29 is 24.2 Å². The lowest BCUT2D eigenvalue weighted by molar-refractivity contribution is -0.143. The molecule has 1 saturated heterocycles. The Morgan fingerprint density at radius 1 is 1.22 bits per heavy atom. The van der Waals surface area contributed by atoms with E-state index in [0.29, 0.717) is 30.9 Å². The molecule has 7 nitrogen and oxygen atoms in total. The number of phenols is 1. The lowest BCUT2D eigenvalue weighted by Crippen LogP contribution is -2.47. The molecular weight excluding hydrogens is 408 g/mol. The molecule has 2 aliphatic carbocycles. The molecule has 2 atom stereocenters. The van der Waals surface area contributed by atoms with Gasteiger partial charge in [0.15, 0.2) is 0 Å². The fraction of sp³-hybridized carbons (Fsp3) is 0.400. The third-order valence-electron chi connectivity index (χ3n) is 6.95. The van der Waals surface area contributed by atoms with Crippen molar-refractivity contribution in [3.05, 3.63) is 65.2 Å². The van der Waals surface area contributed by atoms with Crippen LogP contribution >= 0.6 is 0 Å². The van der Waals surface area contributed by atoms with Crippen LogP contribution in [0, 0.1) is 5.92 Å². The number of imide groups is 1. The average Bonchev–Trinajstić information content (AvgIpc) is 3.54. The second-order valence-electron chi connectivity index (χ2n) is 9.01. The highest BCUT2D eigenvalue weighted by Crippen LogP contribution is 2.46. The van der Waals surface area contributed by atoms with E-state index in [4.69, 9.17) is 4.74 Å². The van der Waals surface area contributed by atoms with Crippen molar-refractivity contribution in [1.82, 2.24) is 9.80 Å². The van der Waals surface area contributed by atoms with Gasteiger partial charge in [-0.1, -0.05) is 36.4 Å². The van der Waals surface area contributed by atoms with Crippen LogP contribution in [0.1, 0.15) is 42.9 Å². The van der Waals surface area contributed by atoms with Crippen molar-refractivity contribution >= 4 is 17.9 Å². The molecule has 1 heterocycles. The number of carbonyl (C=O) groups is 3. The first-order chi connectivity index (χ1) is 15.4. The van der Waals surface area contributed by atoms with E-state index in [9.17, 15) is 19.5 Å². The zero-order valence-electron chi connectivity index (χ0n) is 18.0. The van der Waals surface area contributed by atoms with Crippen LogP contribution in [-0.2, 0) is 32.9 Å². The predicted octanol–water partition coefficient (Wildman–Crippen LogP) is 3.34. The third-order valence-corrected chi connectivity index (χ3v) is 6.95. The lowest BCUT2D eigenvalue weighted by Gasteiger charge is -2.30. The van der Waals surface area contributed by atoms with E-state index in [2.05, 4.69) is 0 Å². The Kier molecular flexibility index (Phi) is 4.92. The summed E-state index contributed by atoms with van der Waals surface area (Å²) >= 11 is 0. The molecule has 1 unspecified atom stereocenters. The van der Waals surface area contributed by atoms with Crippen LogP contribution in [0.4, 0.5) is 4.79 Å². The molecule has 2 aromatic carbocycles. The predicted molar refractivity (Wildman–Crippen MR) is 115 cm³/mol. The van der Waals surface area contributed by atoms with Crippen molar-refractivity contribution in [2.45, 2.75) is 50.8 Å². The minimum atomic E-state index is -1.40. The van der Waals surface area contributed by atoms with Gasteiger partial charge >= 0.3 is 6.09 Å². The van der Waals surface area contributed by atoms with Crippen molar-refractivity contribution in [3.8, 4) is 5.75 Å². The molecule has 166 valence electrons. The Morgan fingerprint density at radius 3 is 2.69 bits per heavy atom. The van der Waals surface area contributed by atoms with Gasteiger partial charge in [0.1, 0.15) is 12.3 Å². The molecule has 3 amide bonds. The van der Waals surface area contributed by atoms with Crippen LogP contribution < -0.4 is 0 Å². The molecule has 0 aromatic heterocycles. The molecule has 32 heavy (non-hydrogen) atoms. The van der Waals surface area contributed by atoms with E-state index in [1.54, 1.807) is 17.0 Å². The highest BCUT2D eigenvalue weighted by atomic mass is 16.6. The molecule has 1 spiro atoms. The van der Waals surface area contributed by atoms with Gasteiger partial charge < -0.3 is 14.7 Å². The standard InChI is InChI=1S/C25H26N2O5/c1-16(18-7-8-18)26(14-17-5-3-2-4-6-17)22(29)15-27-23(30)25(32-24(27)31)12-11-19-13-20(28)9-10-21(19)25/h2-6,9-10,13,16,18,28H,7-8,11-12,14-15H2,1H3/t16-,25?/m0/s1. The smallest absolute Gasteiger partial charge is 0.418 e. The summed E-state index contributed by atoms with van der Waals surface area (Å²) in [6.07, 6.45) is 2.20. The summed E-state index contributed by atoms with van der Waals surface area (Å²) in [5.41, 5.74) is 0.986. The summed E-state index contributed by atoms with van der Waals surface area (Å²) in [6.45, 7) is 2.13. The number of fused-ring (bicyclic) bond motifs is 2. The SMILES string of the molecule is C[C@@H](C1CC1)N(Cc1ccccc1)C(=O)CN1C(=O)OC2(CCc3cc(O)ccc32)C1=O. The minimum absolute atomic E-state index is 0.0283. The van der Waals surface area contributed by atoms with E-state index in [-0.39, 0.29) is 24.2 Å². The molecule has 3 aliphatic rings. The maximum atomic E-state index is 13.4. The fourth-order valence-electron chi connectivity index (χ4n) is 4.94. The zero-order valence-corrected chi connectivity index (χ0v) is 18.0. The van der Waals surface area contributed by atoms with Gasteiger partial charge in [-0.2, -0.15) is 0 Å². The molecule has 1 N–H and O–H groups in total. The number of amides is 3. The first kappa shape index (κ1) is 20.5. The third kappa shape index (κ3) is 3.42. The Morgan fingerprint density at radius 2 is 1.97 bits per heavy atom. The Labute approximate surface area is 186 Å². The second kappa shape index (κ2) is 7.65. The number of hydrogen-bond acceptors (Lipinski definition) is 5. The molecular formula is C25H26N2O5. The second-order valence-corrected chi connectivity index (χ2v) is 9.01. The van der Waals surface area contributed by atoms with Crippen LogP contribution in [0.5, 0.6) is 5.75 Å².